The van der Waals surface area contributed by atoms with Crippen LogP contribution in [0.1, 0.15) is 68.3 Å². The Hall–Kier alpha value is -3.21. The molecule has 0 aliphatic heterocycles. The molecule has 8 nitrogen and oxygen atoms in total. The van der Waals surface area contributed by atoms with Gasteiger partial charge in [-0.05, 0) is 74.2 Å². The molecule has 1 saturated carbocycles. The highest BCUT2D eigenvalue weighted by Gasteiger charge is 2.20. The minimum absolute atomic E-state index is 0.00543. The molecule has 0 radical (unpaired) electrons. The van der Waals surface area contributed by atoms with Crippen molar-refractivity contribution in [2.24, 2.45) is 5.92 Å². The van der Waals surface area contributed by atoms with Crippen LogP contribution in [0.25, 0.3) is 0 Å². The minimum Gasteiger partial charge on any atom is -0.310 e. The molecule has 0 spiro atoms. The first kappa shape index (κ1) is 29.8. The largest absolute Gasteiger partial charge is 0.310 e. The van der Waals surface area contributed by atoms with E-state index in [4.69, 9.17) is 0 Å². The molecule has 1 fully saturated rings. The number of Topliss-reactive ketones (excluding diaryl/α,β-unsaturated/α-hetero) is 1. The summed E-state index contributed by atoms with van der Waals surface area (Å²) in [6.45, 7) is 4.13. The highest BCUT2D eigenvalue weighted by atomic mass is 32.2. The van der Waals surface area contributed by atoms with E-state index in [2.05, 4.69) is 21.7 Å². The van der Waals surface area contributed by atoms with Crippen LogP contribution in [0, 0.1) is 5.92 Å². The van der Waals surface area contributed by atoms with Gasteiger partial charge in [-0.3, -0.25) is 14.2 Å². The van der Waals surface area contributed by atoms with Crippen LogP contribution >= 0.6 is 0 Å². The van der Waals surface area contributed by atoms with Gasteiger partial charge in [0.05, 0.1) is 15.5 Å². The summed E-state index contributed by atoms with van der Waals surface area (Å²) in [6.07, 6.45) is 7.65. The van der Waals surface area contributed by atoms with Crippen molar-refractivity contribution in [2.45, 2.75) is 74.7 Å². The minimum atomic E-state index is -3.91. The molecule has 1 aliphatic carbocycles. The fourth-order valence-electron chi connectivity index (χ4n) is 5.05. The van der Waals surface area contributed by atoms with Gasteiger partial charge in [-0.2, -0.15) is 0 Å². The third kappa shape index (κ3) is 7.93. The fraction of sp³-hybridized carbons (Fsp3) is 0.367. The van der Waals surface area contributed by atoms with Crippen molar-refractivity contribution in [3.05, 3.63) is 83.9 Å². The van der Waals surface area contributed by atoms with Crippen molar-refractivity contribution in [2.75, 3.05) is 9.44 Å². The number of para-hydroxylation sites is 1. The van der Waals surface area contributed by atoms with Crippen LogP contribution in [0.2, 0.25) is 0 Å². The van der Waals surface area contributed by atoms with Crippen LogP contribution in [0.3, 0.4) is 0 Å². The normalized spacial score (nSPS) is 15.3. The summed E-state index contributed by atoms with van der Waals surface area (Å²) in [5.74, 6) is 0.593. The Morgan fingerprint density at radius 2 is 1.38 bits per heavy atom. The number of hydrogen-bond acceptors (Lipinski definition) is 6. The lowest BCUT2D eigenvalue weighted by Gasteiger charge is -2.25. The van der Waals surface area contributed by atoms with E-state index < -0.39 is 20.0 Å². The van der Waals surface area contributed by atoms with Crippen LogP contribution < -0.4 is 14.8 Å². The van der Waals surface area contributed by atoms with E-state index in [-0.39, 0.29) is 21.3 Å². The van der Waals surface area contributed by atoms with Gasteiger partial charge >= 0.3 is 0 Å². The number of anilines is 2. The number of sulfonamides is 2. The van der Waals surface area contributed by atoms with Gasteiger partial charge in [0.1, 0.15) is 0 Å². The van der Waals surface area contributed by atoms with E-state index in [1.54, 1.807) is 12.1 Å². The molecule has 40 heavy (non-hydrogen) atoms. The van der Waals surface area contributed by atoms with Gasteiger partial charge in [-0.25, -0.2) is 16.8 Å². The van der Waals surface area contributed by atoms with Crippen LogP contribution in [0.5, 0.6) is 0 Å². The van der Waals surface area contributed by atoms with E-state index in [9.17, 15) is 21.6 Å². The number of carbonyl (C=O) groups excluding carboxylic acids is 1. The van der Waals surface area contributed by atoms with Gasteiger partial charge in [0, 0.05) is 23.8 Å². The molecular weight excluding hydrogens is 546 g/mol. The van der Waals surface area contributed by atoms with E-state index in [1.165, 1.54) is 87.6 Å². The highest BCUT2D eigenvalue weighted by molar-refractivity contribution is 7.93. The van der Waals surface area contributed by atoms with Gasteiger partial charge in [0.2, 0.25) is 0 Å². The molecule has 3 aromatic rings. The zero-order chi connectivity index (χ0) is 28.8. The predicted molar refractivity (Wildman–Crippen MR) is 158 cm³/mol. The third-order valence-electron chi connectivity index (χ3n) is 7.30. The second kappa shape index (κ2) is 13.0. The molecule has 0 unspecified atom stereocenters. The zero-order valence-corrected chi connectivity index (χ0v) is 24.5. The summed E-state index contributed by atoms with van der Waals surface area (Å²) in [6, 6.07) is 18.7. The van der Waals surface area contributed by atoms with E-state index in [0.29, 0.717) is 23.8 Å². The zero-order valence-electron chi connectivity index (χ0n) is 22.9. The van der Waals surface area contributed by atoms with Gasteiger partial charge in [0.15, 0.2) is 5.78 Å². The van der Waals surface area contributed by atoms with Gasteiger partial charge < -0.3 is 5.32 Å². The number of hydrogen-bond donors (Lipinski definition) is 3. The molecule has 1 aliphatic rings. The lowest BCUT2D eigenvalue weighted by atomic mass is 9.85. The summed E-state index contributed by atoms with van der Waals surface area (Å²) in [4.78, 5) is 11.5. The summed E-state index contributed by atoms with van der Waals surface area (Å²) < 4.78 is 56.9. The van der Waals surface area contributed by atoms with Crippen LogP contribution in [-0.4, -0.2) is 28.7 Å². The summed E-state index contributed by atoms with van der Waals surface area (Å²) in [5.41, 5.74) is 1.97. The van der Waals surface area contributed by atoms with Crippen LogP contribution in [-0.2, 0) is 26.6 Å². The molecule has 3 N–H and O–H groups in total. The fourth-order valence-corrected chi connectivity index (χ4v) is 7.21. The van der Waals surface area contributed by atoms with Gasteiger partial charge in [-0.1, -0.05) is 62.4 Å². The van der Waals surface area contributed by atoms with Crippen molar-refractivity contribution in [3.8, 4) is 0 Å². The number of nitrogens with one attached hydrogen (secondary N) is 3. The molecule has 4 rings (SSSR count). The van der Waals surface area contributed by atoms with Gasteiger partial charge in [-0.15, -0.1) is 0 Å². The Balaban J connectivity index is 1.39. The molecule has 0 heterocycles. The Kier molecular flexibility index (Phi) is 9.65. The quantitative estimate of drug-likeness (QED) is 0.227. The Morgan fingerprint density at radius 1 is 0.800 bits per heavy atom. The van der Waals surface area contributed by atoms with Gasteiger partial charge in [0.25, 0.3) is 20.0 Å². The van der Waals surface area contributed by atoms with E-state index >= 15 is 0 Å². The van der Waals surface area contributed by atoms with Crippen LogP contribution in [0.4, 0.5) is 11.4 Å². The second-order valence-electron chi connectivity index (χ2n) is 10.5. The maximum absolute atomic E-state index is 13.2. The van der Waals surface area contributed by atoms with Crippen molar-refractivity contribution < 1.29 is 21.6 Å². The topological polar surface area (TPSA) is 121 Å². The maximum Gasteiger partial charge on any atom is 0.261 e. The standard InChI is InChI=1S/C30H37N3O5S2/c1-22(20-24-8-4-3-5-9-24)31-21-26-10-6-7-11-30(26)33-40(37,38)29-18-14-27(15-19-29)32-39(35,36)28-16-12-25(13-17-28)23(2)34/h6-7,10-19,22,24,31-33H,3-5,8-9,20-21H2,1-2H3/t22-/m0/s1. The molecule has 0 saturated heterocycles. The summed E-state index contributed by atoms with van der Waals surface area (Å²) >= 11 is 0. The number of benzene rings is 3. The predicted octanol–water partition coefficient (Wildman–Crippen LogP) is 5.94. The molecule has 0 amide bonds. The lowest BCUT2D eigenvalue weighted by molar-refractivity contribution is 0.101. The van der Waals surface area contributed by atoms with Crippen LogP contribution in [0.15, 0.2) is 82.6 Å². The van der Waals surface area contributed by atoms with Crippen molar-refractivity contribution >= 4 is 37.2 Å². The summed E-state index contributed by atoms with van der Waals surface area (Å²) in [7, 11) is -7.82. The highest BCUT2D eigenvalue weighted by Crippen LogP contribution is 2.28. The Labute approximate surface area is 237 Å². The smallest absolute Gasteiger partial charge is 0.261 e. The average Bonchev–Trinajstić information content (AvgIpc) is 2.93. The van der Waals surface area contributed by atoms with E-state index in [1.807, 2.05) is 12.1 Å². The van der Waals surface area contributed by atoms with Crippen molar-refractivity contribution in [3.63, 3.8) is 0 Å². The van der Waals surface area contributed by atoms with E-state index in [0.717, 1.165) is 17.9 Å². The lowest BCUT2D eigenvalue weighted by Crippen LogP contribution is -2.29. The Morgan fingerprint density at radius 3 is 2.00 bits per heavy atom. The average molecular weight is 584 g/mol. The van der Waals surface area contributed by atoms with Crippen molar-refractivity contribution in [1.29, 1.82) is 0 Å². The number of rotatable bonds is 12. The first-order valence-corrected chi connectivity index (χ1v) is 16.6. The third-order valence-corrected chi connectivity index (χ3v) is 10.1. The molecule has 0 aromatic heterocycles. The second-order valence-corrected chi connectivity index (χ2v) is 13.9. The maximum atomic E-state index is 13.2. The first-order chi connectivity index (χ1) is 19.0. The number of carbonyl (C=O) groups is 1. The SMILES string of the molecule is CC(=O)c1ccc(S(=O)(=O)Nc2ccc(S(=O)(=O)Nc3ccccc3CN[C@@H](C)CC3CCCCC3)cc2)cc1. The molecule has 10 heteroatoms. The van der Waals surface area contributed by atoms with Crippen molar-refractivity contribution in [1.82, 2.24) is 5.32 Å². The molecule has 214 valence electrons. The first-order valence-electron chi connectivity index (χ1n) is 13.6. The molecule has 1 atom stereocenters. The molecule has 3 aromatic carbocycles. The molecule has 0 bridgehead atoms. The molecular formula is C30H37N3O5S2. The summed E-state index contributed by atoms with van der Waals surface area (Å²) in [5, 5.41) is 3.55. The Bertz CT molecular complexity index is 1510. The number of ketones is 1. The monoisotopic (exact) mass is 583 g/mol.